The zero-order chi connectivity index (χ0) is 19.6. The molecule has 6 heteroatoms. The van der Waals surface area contributed by atoms with Crippen molar-refractivity contribution in [3.8, 4) is 23.1 Å². The average Bonchev–Trinajstić information content (AvgIpc) is 3.11. The predicted octanol–water partition coefficient (Wildman–Crippen LogP) is 3.95. The smallest absolute Gasteiger partial charge is 0.336 e. The molecule has 0 saturated heterocycles. The van der Waals surface area contributed by atoms with Crippen molar-refractivity contribution in [2.24, 2.45) is 0 Å². The van der Waals surface area contributed by atoms with Gasteiger partial charge in [0.1, 0.15) is 5.75 Å². The van der Waals surface area contributed by atoms with E-state index in [1.807, 2.05) is 42.5 Å². The Bertz CT molecular complexity index is 954. The van der Waals surface area contributed by atoms with E-state index in [-0.39, 0.29) is 17.3 Å². The van der Waals surface area contributed by atoms with Crippen LogP contribution < -0.4 is 9.47 Å². The molecule has 0 aliphatic heterocycles. The molecular weight excluding hydrogens is 342 g/mol. The summed E-state index contributed by atoms with van der Waals surface area (Å²) in [6, 6.07) is 15.0. The number of rotatable bonds is 4. The summed E-state index contributed by atoms with van der Waals surface area (Å²) in [5.74, 6) is 0.794. The van der Waals surface area contributed by atoms with Crippen LogP contribution in [0.1, 0.15) is 36.7 Å². The standard InChI is InChI=1S/C21H23N3O3/c1-21(2,3)16-11-9-14(10-12-16)19(25)24-18(22-20(23-24)27-5)15-7-6-8-17(13-15)26-4/h6-13H,1-5H3. The molecule has 2 aromatic carbocycles. The van der Waals surface area contributed by atoms with Gasteiger partial charge in [0.2, 0.25) is 0 Å². The van der Waals surface area contributed by atoms with E-state index >= 15 is 0 Å². The lowest BCUT2D eigenvalue weighted by Gasteiger charge is -2.19. The van der Waals surface area contributed by atoms with Crippen LogP contribution in [0.15, 0.2) is 48.5 Å². The third-order valence-electron chi connectivity index (χ3n) is 4.29. The maximum atomic E-state index is 13.1. The number of carbonyl (C=O) groups is 1. The Morgan fingerprint density at radius 3 is 2.30 bits per heavy atom. The van der Waals surface area contributed by atoms with Gasteiger partial charge in [0.15, 0.2) is 5.82 Å². The Morgan fingerprint density at radius 1 is 1.00 bits per heavy atom. The lowest BCUT2D eigenvalue weighted by molar-refractivity contribution is 0.0945. The molecule has 0 aliphatic rings. The average molecular weight is 365 g/mol. The second-order valence-corrected chi connectivity index (χ2v) is 7.20. The molecule has 0 N–H and O–H groups in total. The summed E-state index contributed by atoms with van der Waals surface area (Å²) in [5, 5.41) is 4.20. The molecular formula is C21H23N3O3. The van der Waals surface area contributed by atoms with Crippen LogP contribution in [0.5, 0.6) is 11.8 Å². The van der Waals surface area contributed by atoms with Gasteiger partial charge in [0.25, 0.3) is 5.91 Å². The molecule has 0 spiro atoms. The van der Waals surface area contributed by atoms with E-state index in [0.717, 1.165) is 5.56 Å². The molecule has 27 heavy (non-hydrogen) atoms. The molecule has 3 rings (SSSR count). The van der Waals surface area contributed by atoms with Crippen molar-refractivity contribution in [3.63, 3.8) is 0 Å². The van der Waals surface area contributed by atoms with Crippen LogP contribution in [0.25, 0.3) is 11.4 Å². The normalized spacial score (nSPS) is 11.3. The van der Waals surface area contributed by atoms with Gasteiger partial charge >= 0.3 is 6.01 Å². The van der Waals surface area contributed by atoms with E-state index in [4.69, 9.17) is 9.47 Å². The highest BCUT2D eigenvalue weighted by molar-refractivity contribution is 5.97. The van der Waals surface area contributed by atoms with E-state index in [0.29, 0.717) is 22.7 Å². The van der Waals surface area contributed by atoms with Gasteiger partial charge in [-0.15, -0.1) is 5.10 Å². The number of carbonyl (C=O) groups excluding carboxylic acids is 1. The highest BCUT2D eigenvalue weighted by Crippen LogP contribution is 2.26. The quantitative estimate of drug-likeness (QED) is 0.700. The summed E-state index contributed by atoms with van der Waals surface area (Å²) in [5.41, 5.74) is 2.41. The third-order valence-corrected chi connectivity index (χ3v) is 4.29. The summed E-state index contributed by atoms with van der Waals surface area (Å²) in [4.78, 5) is 17.4. The summed E-state index contributed by atoms with van der Waals surface area (Å²) in [6.07, 6.45) is 0. The van der Waals surface area contributed by atoms with Crippen molar-refractivity contribution in [1.29, 1.82) is 0 Å². The maximum Gasteiger partial charge on any atom is 0.336 e. The Kier molecular flexibility index (Phi) is 4.99. The minimum Gasteiger partial charge on any atom is -0.497 e. The van der Waals surface area contributed by atoms with Gasteiger partial charge in [0, 0.05) is 11.1 Å². The van der Waals surface area contributed by atoms with E-state index in [1.165, 1.54) is 11.8 Å². The molecule has 0 saturated carbocycles. The van der Waals surface area contributed by atoms with Gasteiger partial charge in [-0.05, 0) is 35.2 Å². The summed E-state index contributed by atoms with van der Waals surface area (Å²) in [6.45, 7) is 6.40. The van der Waals surface area contributed by atoms with Crippen molar-refractivity contribution >= 4 is 5.91 Å². The van der Waals surface area contributed by atoms with E-state index in [2.05, 4.69) is 30.9 Å². The Morgan fingerprint density at radius 2 is 1.70 bits per heavy atom. The van der Waals surface area contributed by atoms with Crippen LogP contribution in [0.2, 0.25) is 0 Å². The Labute approximate surface area is 158 Å². The first-order chi connectivity index (χ1) is 12.8. The highest BCUT2D eigenvalue weighted by atomic mass is 16.5. The van der Waals surface area contributed by atoms with Crippen molar-refractivity contribution in [1.82, 2.24) is 14.8 Å². The fraction of sp³-hybridized carbons (Fsp3) is 0.286. The Hall–Kier alpha value is -3.15. The molecule has 6 nitrogen and oxygen atoms in total. The van der Waals surface area contributed by atoms with Crippen LogP contribution >= 0.6 is 0 Å². The molecule has 0 fully saturated rings. The van der Waals surface area contributed by atoms with Gasteiger partial charge in [-0.1, -0.05) is 45.0 Å². The molecule has 1 heterocycles. The minimum atomic E-state index is -0.274. The first-order valence-electron chi connectivity index (χ1n) is 8.64. The summed E-state index contributed by atoms with van der Waals surface area (Å²) in [7, 11) is 3.06. The molecule has 0 bridgehead atoms. The van der Waals surface area contributed by atoms with Crippen LogP contribution in [0.4, 0.5) is 0 Å². The van der Waals surface area contributed by atoms with Crippen LogP contribution in [0, 0.1) is 0 Å². The molecule has 140 valence electrons. The molecule has 0 amide bonds. The number of ether oxygens (including phenoxy) is 2. The molecule has 0 radical (unpaired) electrons. The first-order valence-corrected chi connectivity index (χ1v) is 8.64. The van der Waals surface area contributed by atoms with Gasteiger partial charge in [-0.25, -0.2) is 0 Å². The molecule has 0 aliphatic carbocycles. The zero-order valence-corrected chi connectivity index (χ0v) is 16.2. The monoisotopic (exact) mass is 365 g/mol. The summed E-state index contributed by atoms with van der Waals surface area (Å²) >= 11 is 0. The van der Waals surface area contributed by atoms with Crippen LogP contribution in [0.3, 0.4) is 0 Å². The second kappa shape index (κ2) is 7.23. The van der Waals surface area contributed by atoms with Gasteiger partial charge in [0.05, 0.1) is 14.2 Å². The number of methoxy groups -OCH3 is 2. The number of nitrogens with zero attached hydrogens (tertiary/aromatic N) is 3. The number of hydrogen-bond donors (Lipinski definition) is 0. The number of hydrogen-bond acceptors (Lipinski definition) is 5. The molecule has 1 aromatic heterocycles. The van der Waals surface area contributed by atoms with Crippen molar-refractivity contribution in [2.75, 3.05) is 14.2 Å². The van der Waals surface area contributed by atoms with Crippen molar-refractivity contribution in [2.45, 2.75) is 26.2 Å². The number of benzene rings is 2. The van der Waals surface area contributed by atoms with E-state index in [9.17, 15) is 4.79 Å². The Balaban J connectivity index is 2.03. The topological polar surface area (TPSA) is 66.2 Å². The number of aromatic nitrogens is 3. The van der Waals surface area contributed by atoms with E-state index in [1.54, 1.807) is 13.2 Å². The maximum absolute atomic E-state index is 13.1. The van der Waals surface area contributed by atoms with Crippen LogP contribution in [-0.4, -0.2) is 34.9 Å². The molecule has 0 unspecified atom stereocenters. The first kappa shape index (κ1) is 18.6. The lowest BCUT2D eigenvalue weighted by atomic mass is 9.87. The highest BCUT2D eigenvalue weighted by Gasteiger charge is 2.21. The van der Waals surface area contributed by atoms with Gasteiger partial charge in [-0.2, -0.15) is 9.67 Å². The minimum absolute atomic E-state index is 0.0177. The van der Waals surface area contributed by atoms with Gasteiger partial charge < -0.3 is 9.47 Å². The van der Waals surface area contributed by atoms with Gasteiger partial charge in [-0.3, -0.25) is 4.79 Å². The molecule has 0 atom stereocenters. The second-order valence-electron chi connectivity index (χ2n) is 7.20. The SMILES string of the molecule is COc1cccc(-c2nc(OC)nn2C(=O)c2ccc(C(C)(C)C)cc2)c1. The van der Waals surface area contributed by atoms with Crippen molar-refractivity contribution in [3.05, 3.63) is 59.7 Å². The lowest BCUT2D eigenvalue weighted by Crippen LogP contribution is -2.16. The van der Waals surface area contributed by atoms with Crippen molar-refractivity contribution < 1.29 is 14.3 Å². The fourth-order valence-electron chi connectivity index (χ4n) is 2.71. The van der Waals surface area contributed by atoms with E-state index < -0.39 is 0 Å². The fourth-order valence-corrected chi connectivity index (χ4v) is 2.71. The third kappa shape index (κ3) is 3.84. The van der Waals surface area contributed by atoms with Crippen LogP contribution in [-0.2, 0) is 5.41 Å². The predicted molar refractivity (Wildman–Crippen MR) is 103 cm³/mol. The summed E-state index contributed by atoms with van der Waals surface area (Å²) < 4.78 is 11.7. The molecule has 3 aromatic rings. The zero-order valence-electron chi connectivity index (χ0n) is 16.2. The largest absolute Gasteiger partial charge is 0.497 e.